The van der Waals surface area contributed by atoms with Crippen LogP contribution < -0.4 is 24.4 Å². The lowest BCUT2D eigenvalue weighted by molar-refractivity contribution is 0.324. The van der Waals surface area contributed by atoms with Gasteiger partial charge in [0.05, 0.1) is 27.9 Å². The van der Waals surface area contributed by atoms with Crippen LogP contribution in [0.2, 0.25) is 0 Å². The highest BCUT2D eigenvalue weighted by molar-refractivity contribution is 9.10. The summed E-state index contributed by atoms with van der Waals surface area (Å²) >= 11 is 4.91. The zero-order chi connectivity index (χ0) is 27.1. The van der Waals surface area contributed by atoms with Gasteiger partial charge < -0.3 is 9.47 Å². The van der Waals surface area contributed by atoms with Crippen molar-refractivity contribution in [2.45, 2.75) is 18.9 Å². The number of benzene rings is 3. The van der Waals surface area contributed by atoms with Crippen molar-refractivity contribution in [3.63, 3.8) is 0 Å². The van der Waals surface area contributed by atoms with E-state index >= 15 is 0 Å². The Morgan fingerprint density at radius 2 is 1.97 bits per heavy atom. The van der Waals surface area contributed by atoms with E-state index in [1.807, 2.05) is 30.3 Å². The first-order valence-electron chi connectivity index (χ1n) is 12.5. The van der Waals surface area contributed by atoms with Gasteiger partial charge in [-0.25, -0.2) is 9.38 Å². The standard InChI is InChI=1S/C31H24BrFN2O3S/c1-3-14-38-29-24(32)15-18(16-25(29)37-2)17-26-30(36)35-28(20-8-11-21(33)12-9-20)23-13-10-19-6-4-5-7-22(19)27(23)34-31(35)39-26/h3-9,11-12,15-17,28H,1,10,13-14H2,2H3/b26-17+/t28-/m0/s1. The number of methoxy groups -OCH3 is 1. The molecule has 1 aliphatic heterocycles. The van der Waals surface area contributed by atoms with Gasteiger partial charge >= 0.3 is 0 Å². The molecule has 2 heterocycles. The molecule has 0 bridgehead atoms. The number of aryl methyl sites for hydroxylation is 1. The van der Waals surface area contributed by atoms with E-state index in [1.165, 1.54) is 29.0 Å². The van der Waals surface area contributed by atoms with E-state index in [9.17, 15) is 9.18 Å². The van der Waals surface area contributed by atoms with E-state index in [0.29, 0.717) is 31.9 Å². The van der Waals surface area contributed by atoms with Gasteiger partial charge in [-0.3, -0.25) is 9.36 Å². The quantitative estimate of drug-likeness (QED) is 0.262. The molecule has 0 saturated heterocycles. The molecular weight excluding hydrogens is 579 g/mol. The Hall–Kier alpha value is -3.75. The third-order valence-corrected chi connectivity index (χ3v) is 8.53. The first-order valence-corrected chi connectivity index (χ1v) is 14.1. The average Bonchev–Trinajstić information content (AvgIpc) is 3.25. The minimum atomic E-state index is -0.358. The average molecular weight is 604 g/mol. The molecule has 0 radical (unpaired) electrons. The monoisotopic (exact) mass is 602 g/mol. The molecule has 4 aromatic rings. The number of hydrogen-bond donors (Lipinski definition) is 0. The molecule has 2 aliphatic rings. The van der Waals surface area contributed by atoms with Gasteiger partial charge in [0.15, 0.2) is 16.3 Å². The summed E-state index contributed by atoms with van der Waals surface area (Å²) in [4.78, 5) is 19.6. The molecule has 5 nitrogen and oxygen atoms in total. The number of rotatable bonds is 6. The van der Waals surface area contributed by atoms with Crippen molar-refractivity contribution in [3.8, 4) is 11.5 Å². The summed E-state index contributed by atoms with van der Waals surface area (Å²) in [7, 11) is 1.57. The fourth-order valence-electron chi connectivity index (χ4n) is 5.22. The van der Waals surface area contributed by atoms with Crippen molar-refractivity contribution in [1.29, 1.82) is 0 Å². The van der Waals surface area contributed by atoms with Crippen LogP contribution in [0.5, 0.6) is 11.5 Å². The molecule has 1 aliphatic carbocycles. The van der Waals surface area contributed by atoms with Crippen LogP contribution in [0.1, 0.15) is 34.7 Å². The number of hydrogen-bond acceptors (Lipinski definition) is 5. The Morgan fingerprint density at radius 1 is 1.18 bits per heavy atom. The summed E-state index contributed by atoms with van der Waals surface area (Å²) < 4.78 is 28.2. The first-order chi connectivity index (χ1) is 19.0. The predicted molar refractivity (Wildman–Crippen MR) is 156 cm³/mol. The van der Waals surface area contributed by atoms with Gasteiger partial charge in [-0.15, -0.1) is 0 Å². The Morgan fingerprint density at radius 3 is 2.74 bits per heavy atom. The molecule has 6 rings (SSSR count). The molecule has 196 valence electrons. The molecule has 3 aromatic carbocycles. The maximum absolute atomic E-state index is 13.9. The highest BCUT2D eigenvalue weighted by atomic mass is 79.9. The van der Waals surface area contributed by atoms with Crippen LogP contribution >= 0.6 is 27.3 Å². The molecule has 0 N–H and O–H groups in total. The fourth-order valence-corrected chi connectivity index (χ4v) is 6.80. The van der Waals surface area contributed by atoms with Crippen molar-refractivity contribution in [2.24, 2.45) is 4.99 Å². The van der Waals surface area contributed by atoms with Crippen LogP contribution in [-0.4, -0.2) is 18.3 Å². The summed E-state index contributed by atoms with van der Waals surface area (Å²) in [5, 5.41) is 0. The first kappa shape index (κ1) is 25.5. The van der Waals surface area contributed by atoms with Crippen molar-refractivity contribution in [3.05, 3.63) is 131 Å². The molecule has 0 saturated carbocycles. The molecule has 0 spiro atoms. The molecule has 39 heavy (non-hydrogen) atoms. The second kappa shape index (κ2) is 10.4. The summed E-state index contributed by atoms with van der Waals surface area (Å²) in [6, 6.07) is 18.0. The van der Waals surface area contributed by atoms with Gasteiger partial charge in [0, 0.05) is 5.56 Å². The Balaban J connectivity index is 1.55. The third kappa shape index (κ3) is 4.57. The SMILES string of the molecule is C=CCOc1c(Br)cc(/C=c2/sc3n(c2=O)[C@@H](c2ccc(F)cc2)C2=C(N=3)c3ccccc3CC2)cc1OC. The molecule has 0 unspecified atom stereocenters. The molecule has 0 amide bonds. The lowest BCUT2D eigenvalue weighted by atomic mass is 9.83. The van der Waals surface area contributed by atoms with Crippen molar-refractivity contribution in [2.75, 3.05) is 13.7 Å². The van der Waals surface area contributed by atoms with Crippen LogP contribution in [0.15, 0.2) is 93.2 Å². The summed E-state index contributed by atoms with van der Waals surface area (Å²) in [6.45, 7) is 4.03. The fraction of sp³-hybridized carbons (Fsp3) is 0.161. The number of nitrogens with zero attached hydrogens (tertiary/aromatic N) is 2. The number of halogens is 2. The number of thiazole rings is 1. The largest absolute Gasteiger partial charge is 0.493 e. The van der Waals surface area contributed by atoms with Crippen molar-refractivity contribution >= 4 is 39.0 Å². The van der Waals surface area contributed by atoms with E-state index in [1.54, 1.807) is 29.9 Å². The summed E-state index contributed by atoms with van der Waals surface area (Å²) in [5.74, 6) is 0.801. The van der Waals surface area contributed by atoms with Crippen LogP contribution in [0.3, 0.4) is 0 Å². The smallest absolute Gasteiger partial charge is 0.271 e. The Kier molecular flexibility index (Phi) is 6.83. The van der Waals surface area contributed by atoms with E-state index < -0.39 is 0 Å². The van der Waals surface area contributed by atoms with E-state index in [0.717, 1.165) is 40.8 Å². The van der Waals surface area contributed by atoms with E-state index in [4.69, 9.17) is 14.5 Å². The molecule has 1 aromatic heterocycles. The molecule has 0 fully saturated rings. The van der Waals surface area contributed by atoms with Gasteiger partial charge in [-0.05, 0) is 81.4 Å². The zero-order valence-corrected chi connectivity index (χ0v) is 23.5. The lowest BCUT2D eigenvalue weighted by Crippen LogP contribution is -2.38. The van der Waals surface area contributed by atoms with Crippen molar-refractivity contribution < 1.29 is 13.9 Å². The van der Waals surface area contributed by atoms with Crippen LogP contribution in [-0.2, 0) is 6.42 Å². The Bertz CT molecular complexity index is 1820. The molecule has 8 heteroatoms. The van der Waals surface area contributed by atoms with Crippen molar-refractivity contribution in [1.82, 2.24) is 4.57 Å². The molecular formula is C31H24BrFN2O3S. The second-order valence-electron chi connectivity index (χ2n) is 9.30. The summed E-state index contributed by atoms with van der Waals surface area (Å²) in [5.41, 5.74) is 5.82. The van der Waals surface area contributed by atoms with Gasteiger partial charge in [0.1, 0.15) is 12.4 Å². The Labute approximate surface area is 237 Å². The van der Waals surface area contributed by atoms with Crippen LogP contribution in [0, 0.1) is 5.82 Å². The third-order valence-electron chi connectivity index (χ3n) is 6.95. The molecule has 1 atom stereocenters. The highest BCUT2D eigenvalue weighted by Crippen LogP contribution is 2.41. The maximum atomic E-state index is 13.9. The number of fused-ring (bicyclic) bond motifs is 3. The van der Waals surface area contributed by atoms with Gasteiger partial charge in [-0.2, -0.15) is 0 Å². The number of aromatic nitrogens is 1. The zero-order valence-electron chi connectivity index (χ0n) is 21.1. The van der Waals surface area contributed by atoms with Gasteiger partial charge in [0.25, 0.3) is 5.56 Å². The minimum Gasteiger partial charge on any atom is -0.493 e. The second-order valence-corrected chi connectivity index (χ2v) is 11.2. The van der Waals surface area contributed by atoms with Gasteiger partial charge in [0.2, 0.25) is 0 Å². The van der Waals surface area contributed by atoms with Crippen LogP contribution in [0.4, 0.5) is 4.39 Å². The van der Waals surface area contributed by atoms with E-state index in [2.05, 4.69) is 34.6 Å². The van der Waals surface area contributed by atoms with E-state index in [-0.39, 0.29) is 17.4 Å². The number of ether oxygens (including phenoxy) is 2. The maximum Gasteiger partial charge on any atom is 0.271 e. The van der Waals surface area contributed by atoms with Crippen LogP contribution in [0.25, 0.3) is 11.8 Å². The number of allylic oxidation sites excluding steroid dienone is 1. The lowest BCUT2D eigenvalue weighted by Gasteiger charge is -2.30. The van der Waals surface area contributed by atoms with Gasteiger partial charge in [-0.1, -0.05) is 60.4 Å². The summed E-state index contributed by atoms with van der Waals surface area (Å²) in [6.07, 6.45) is 5.14. The highest BCUT2D eigenvalue weighted by Gasteiger charge is 2.32. The normalized spacial score (nSPS) is 16.2. The minimum absolute atomic E-state index is 0.138. The topological polar surface area (TPSA) is 52.8 Å². The predicted octanol–water partition coefficient (Wildman–Crippen LogP) is 5.79.